The SMILES string of the molecule is Cc1cc(C)nc(SCC(=O)OCC(=O)Nc2ccccc2F)n1. The molecular weight excluding hydrogens is 333 g/mol. The first kappa shape index (κ1) is 17.9. The lowest BCUT2D eigenvalue weighted by atomic mass is 10.3. The van der Waals surface area contributed by atoms with Crippen LogP contribution in [-0.4, -0.2) is 34.2 Å². The zero-order valence-corrected chi connectivity index (χ0v) is 14.0. The van der Waals surface area contributed by atoms with Gasteiger partial charge in [0.15, 0.2) is 11.8 Å². The van der Waals surface area contributed by atoms with Crippen molar-refractivity contribution in [1.82, 2.24) is 9.97 Å². The summed E-state index contributed by atoms with van der Waals surface area (Å²) in [6.45, 7) is 3.19. The van der Waals surface area contributed by atoms with Gasteiger partial charge in [-0.25, -0.2) is 14.4 Å². The Morgan fingerprint density at radius 2 is 1.88 bits per heavy atom. The highest BCUT2D eigenvalue weighted by Crippen LogP contribution is 2.14. The third kappa shape index (κ3) is 5.62. The van der Waals surface area contributed by atoms with Crippen molar-refractivity contribution in [3.8, 4) is 0 Å². The number of para-hydroxylation sites is 1. The Bertz CT molecular complexity index is 735. The molecular formula is C16H16FN3O3S. The number of ether oxygens (including phenoxy) is 1. The molecule has 0 bridgehead atoms. The van der Waals surface area contributed by atoms with Gasteiger partial charge >= 0.3 is 5.97 Å². The summed E-state index contributed by atoms with van der Waals surface area (Å²) < 4.78 is 18.2. The van der Waals surface area contributed by atoms with Gasteiger partial charge in [-0.3, -0.25) is 9.59 Å². The van der Waals surface area contributed by atoms with E-state index in [1.54, 1.807) is 6.07 Å². The van der Waals surface area contributed by atoms with Crippen LogP contribution < -0.4 is 5.32 Å². The maximum Gasteiger partial charge on any atom is 0.316 e. The summed E-state index contributed by atoms with van der Waals surface area (Å²) in [6.07, 6.45) is 0. The van der Waals surface area contributed by atoms with E-state index in [4.69, 9.17) is 4.74 Å². The fourth-order valence-corrected chi connectivity index (χ4v) is 2.57. The number of anilines is 1. The van der Waals surface area contributed by atoms with Crippen LogP contribution >= 0.6 is 11.8 Å². The number of benzene rings is 1. The second-order valence-corrected chi connectivity index (χ2v) is 5.85. The number of aromatic nitrogens is 2. The molecule has 126 valence electrons. The van der Waals surface area contributed by atoms with Crippen molar-refractivity contribution in [1.29, 1.82) is 0 Å². The highest BCUT2D eigenvalue weighted by atomic mass is 32.2. The van der Waals surface area contributed by atoms with Crippen LogP contribution in [0.3, 0.4) is 0 Å². The molecule has 1 aromatic heterocycles. The molecule has 1 aromatic carbocycles. The van der Waals surface area contributed by atoms with E-state index in [1.165, 1.54) is 18.2 Å². The van der Waals surface area contributed by atoms with E-state index in [0.717, 1.165) is 23.1 Å². The topological polar surface area (TPSA) is 81.2 Å². The van der Waals surface area contributed by atoms with Gasteiger partial charge in [0, 0.05) is 11.4 Å². The summed E-state index contributed by atoms with van der Waals surface area (Å²) in [5, 5.41) is 2.80. The highest BCUT2D eigenvalue weighted by molar-refractivity contribution is 7.99. The van der Waals surface area contributed by atoms with Gasteiger partial charge in [0.2, 0.25) is 0 Å². The number of amides is 1. The Labute approximate surface area is 142 Å². The average Bonchev–Trinajstić information content (AvgIpc) is 2.52. The first-order valence-electron chi connectivity index (χ1n) is 7.09. The van der Waals surface area contributed by atoms with Crippen LogP contribution in [0.15, 0.2) is 35.5 Å². The predicted octanol–water partition coefficient (Wildman–Crippen LogP) is 2.51. The summed E-state index contributed by atoms with van der Waals surface area (Å²) >= 11 is 1.13. The van der Waals surface area contributed by atoms with E-state index < -0.39 is 24.3 Å². The van der Waals surface area contributed by atoms with E-state index in [1.807, 2.05) is 19.9 Å². The van der Waals surface area contributed by atoms with Crippen molar-refractivity contribution in [2.45, 2.75) is 19.0 Å². The number of carbonyl (C=O) groups is 2. The molecule has 0 aliphatic carbocycles. The van der Waals surface area contributed by atoms with Crippen LogP contribution in [0.2, 0.25) is 0 Å². The quantitative estimate of drug-likeness (QED) is 0.490. The molecule has 0 spiro atoms. The Morgan fingerprint density at radius 1 is 1.21 bits per heavy atom. The van der Waals surface area contributed by atoms with Crippen molar-refractivity contribution >= 4 is 29.3 Å². The summed E-state index contributed by atoms with van der Waals surface area (Å²) in [5.74, 6) is -1.76. The number of halogens is 1. The number of esters is 1. The number of hydrogen-bond acceptors (Lipinski definition) is 6. The van der Waals surface area contributed by atoms with Gasteiger partial charge in [0.1, 0.15) is 5.82 Å². The molecule has 2 rings (SSSR count). The molecule has 2 aromatic rings. The molecule has 24 heavy (non-hydrogen) atoms. The summed E-state index contributed by atoms with van der Waals surface area (Å²) in [7, 11) is 0. The summed E-state index contributed by atoms with van der Waals surface area (Å²) in [6, 6.07) is 7.57. The minimum absolute atomic E-state index is 0.0180. The number of aryl methyl sites for hydroxylation is 2. The van der Waals surface area contributed by atoms with Crippen molar-refractivity contribution < 1.29 is 18.7 Å². The molecule has 0 saturated carbocycles. The number of nitrogens with one attached hydrogen (secondary N) is 1. The van der Waals surface area contributed by atoms with Crippen molar-refractivity contribution in [3.63, 3.8) is 0 Å². The van der Waals surface area contributed by atoms with Gasteiger partial charge in [-0.05, 0) is 32.0 Å². The third-order valence-corrected chi connectivity index (χ3v) is 3.61. The van der Waals surface area contributed by atoms with Crippen molar-refractivity contribution in [3.05, 3.63) is 47.5 Å². The zero-order valence-electron chi connectivity index (χ0n) is 13.2. The Hall–Kier alpha value is -2.48. The molecule has 0 aliphatic rings. The van der Waals surface area contributed by atoms with Gasteiger partial charge in [-0.15, -0.1) is 0 Å². The number of thioether (sulfide) groups is 1. The number of rotatable bonds is 6. The Morgan fingerprint density at radius 3 is 2.54 bits per heavy atom. The molecule has 0 atom stereocenters. The first-order chi connectivity index (χ1) is 11.4. The van der Waals surface area contributed by atoms with Gasteiger partial charge in [0.05, 0.1) is 11.4 Å². The van der Waals surface area contributed by atoms with Gasteiger partial charge in [-0.1, -0.05) is 23.9 Å². The van der Waals surface area contributed by atoms with E-state index in [0.29, 0.717) is 5.16 Å². The Kier molecular flexibility index (Phi) is 6.25. The van der Waals surface area contributed by atoms with E-state index >= 15 is 0 Å². The van der Waals surface area contributed by atoms with Crippen LogP contribution in [0.1, 0.15) is 11.4 Å². The molecule has 0 radical (unpaired) electrons. The molecule has 1 N–H and O–H groups in total. The summed E-state index contributed by atoms with van der Waals surface area (Å²) in [4.78, 5) is 31.7. The number of hydrogen-bond donors (Lipinski definition) is 1. The lowest BCUT2D eigenvalue weighted by Gasteiger charge is -2.07. The van der Waals surface area contributed by atoms with Gasteiger partial charge in [0.25, 0.3) is 5.91 Å². The second kappa shape index (κ2) is 8.39. The maximum absolute atomic E-state index is 13.4. The molecule has 6 nitrogen and oxygen atoms in total. The lowest BCUT2D eigenvalue weighted by Crippen LogP contribution is -2.22. The van der Waals surface area contributed by atoms with E-state index in [2.05, 4.69) is 15.3 Å². The normalized spacial score (nSPS) is 10.3. The Balaban J connectivity index is 1.76. The third-order valence-electron chi connectivity index (χ3n) is 2.79. The second-order valence-electron chi connectivity index (χ2n) is 4.91. The molecule has 1 heterocycles. The minimum Gasteiger partial charge on any atom is -0.455 e. The lowest BCUT2D eigenvalue weighted by molar-refractivity contribution is -0.144. The van der Waals surface area contributed by atoms with E-state index in [-0.39, 0.29) is 11.4 Å². The monoisotopic (exact) mass is 349 g/mol. The van der Waals surface area contributed by atoms with Crippen molar-refractivity contribution in [2.75, 3.05) is 17.7 Å². The van der Waals surface area contributed by atoms with Crippen LogP contribution in [0, 0.1) is 19.7 Å². The van der Waals surface area contributed by atoms with Crippen LogP contribution in [0.5, 0.6) is 0 Å². The maximum atomic E-state index is 13.4. The fraction of sp³-hybridized carbons (Fsp3) is 0.250. The summed E-state index contributed by atoms with van der Waals surface area (Å²) in [5.41, 5.74) is 1.65. The first-order valence-corrected chi connectivity index (χ1v) is 8.07. The molecule has 0 fully saturated rings. The van der Waals surface area contributed by atoms with Crippen LogP contribution in [-0.2, 0) is 14.3 Å². The zero-order chi connectivity index (χ0) is 17.5. The highest BCUT2D eigenvalue weighted by Gasteiger charge is 2.11. The van der Waals surface area contributed by atoms with Crippen LogP contribution in [0.4, 0.5) is 10.1 Å². The molecule has 0 saturated heterocycles. The van der Waals surface area contributed by atoms with Gasteiger partial charge < -0.3 is 10.1 Å². The predicted molar refractivity (Wildman–Crippen MR) is 88.2 cm³/mol. The number of nitrogens with zero attached hydrogens (tertiary/aromatic N) is 2. The molecule has 8 heteroatoms. The van der Waals surface area contributed by atoms with E-state index in [9.17, 15) is 14.0 Å². The standard InChI is InChI=1S/C16H16FN3O3S/c1-10-7-11(2)19-16(18-10)24-9-15(22)23-8-14(21)20-13-6-4-3-5-12(13)17/h3-7H,8-9H2,1-2H3,(H,20,21). The van der Waals surface area contributed by atoms with Crippen molar-refractivity contribution in [2.24, 2.45) is 0 Å². The average molecular weight is 349 g/mol. The smallest absolute Gasteiger partial charge is 0.316 e. The van der Waals surface area contributed by atoms with Gasteiger partial charge in [-0.2, -0.15) is 0 Å². The molecule has 0 unspecified atom stereocenters. The fourth-order valence-electron chi connectivity index (χ4n) is 1.82. The van der Waals surface area contributed by atoms with Crippen LogP contribution in [0.25, 0.3) is 0 Å². The molecule has 1 amide bonds. The largest absolute Gasteiger partial charge is 0.455 e. The number of carbonyl (C=O) groups excluding carboxylic acids is 2. The minimum atomic E-state index is -0.610. The molecule has 0 aliphatic heterocycles.